The van der Waals surface area contributed by atoms with Gasteiger partial charge in [0.05, 0.1) is 19.6 Å². The third kappa shape index (κ3) is 8.35. The molecule has 5 heteroatoms. The van der Waals surface area contributed by atoms with Crippen molar-refractivity contribution in [2.24, 2.45) is 0 Å². The lowest BCUT2D eigenvalue weighted by molar-refractivity contribution is -0.145. The molecule has 15 heavy (non-hydrogen) atoms. The average molecular weight is 219 g/mol. The fourth-order valence-corrected chi connectivity index (χ4v) is 1.27. The van der Waals surface area contributed by atoms with Gasteiger partial charge >= 0.3 is 5.97 Å². The van der Waals surface area contributed by atoms with Gasteiger partial charge in [-0.15, -0.1) is 0 Å². The first-order valence-electron chi connectivity index (χ1n) is 5.34. The molecule has 0 saturated heterocycles. The largest absolute Gasteiger partial charge is 0.463 e. The molecule has 0 unspecified atom stereocenters. The summed E-state index contributed by atoms with van der Waals surface area (Å²) in [5.74, 6) is -0.303. The van der Waals surface area contributed by atoms with Gasteiger partial charge in [0.2, 0.25) is 0 Å². The van der Waals surface area contributed by atoms with E-state index in [4.69, 9.17) is 14.9 Å². The predicted molar refractivity (Wildman–Crippen MR) is 56.5 cm³/mol. The van der Waals surface area contributed by atoms with Crippen molar-refractivity contribution in [1.82, 2.24) is 4.90 Å². The average Bonchev–Trinajstić information content (AvgIpc) is 2.23. The Hall–Kier alpha value is -0.650. The van der Waals surface area contributed by atoms with Crippen molar-refractivity contribution in [3.8, 4) is 0 Å². The standard InChI is InChI=1S/C10H21NO4/c1-2-4-11(6-7-12)5-3-10(14)15-9-8-13/h12-13H,2-9H2,1H3. The summed E-state index contributed by atoms with van der Waals surface area (Å²) in [5, 5.41) is 17.2. The first-order chi connectivity index (χ1) is 7.24. The van der Waals surface area contributed by atoms with E-state index < -0.39 is 0 Å². The third-order valence-corrected chi connectivity index (χ3v) is 1.94. The highest BCUT2D eigenvalue weighted by atomic mass is 16.5. The zero-order valence-corrected chi connectivity index (χ0v) is 9.31. The molecule has 2 N–H and O–H groups in total. The van der Waals surface area contributed by atoms with Gasteiger partial charge in [0.1, 0.15) is 6.61 Å². The quantitative estimate of drug-likeness (QED) is 0.517. The topological polar surface area (TPSA) is 70.0 Å². The summed E-state index contributed by atoms with van der Waals surface area (Å²) in [6.07, 6.45) is 1.30. The van der Waals surface area contributed by atoms with E-state index in [9.17, 15) is 4.79 Å². The predicted octanol–water partition coefficient (Wildman–Crippen LogP) is -0.384. The number of rotatable bonds is 9. The van der Waals surface area contributed by atoms with Gasteiger partial charge in [0, 0.05) is 13.1 Å². The molecule has 0 aliphatic rings. The minimum Gasteiger partial charge on any atom is -0.463 e. The zero-order valence-electron chi connectivity index (χ0n) is 9.31. The van der Waals surface area contributed by atoms with Crippen LogP contribution >= 0.6 is 0 Å². The molecule has 0 radical (unpaired) electrons. The van der Waals surface area contributed by atoms with Crippen LogP contribution in [0.2, 0.25) is 0 Å². The monoisotopic (exact) mass is 219 g/mol. The summed E-state index contributed by atoms with van der Waals surface area (Å²) < 4.78 is 4.72. The summed E-state index contributed by atoms with van der Waals surface area (Å²) in [6.45, 7) is 4.13. The van der Waals surface area contributed by atoms with E-state index in [-0.39, 0.29) is 25.8 Å². The molecular formula is C10H21NO4. The molecule has 0 atom stereocenters. The second-order valence-electron chi connectivity index (χ2n) is 3.26. The van der Waals surface area contributed by atoms with E-state index in [1.807, 2.05) is 4.90 Å². The van der Waals surface area contributed by atoms with Gasteiger partial charge in [0.15, 0.2) is 0 Å². The molecule has 0 saturated carbocycles. The van der Waals surface area contributed by atoms with E-state index in [2.05, 4.69) is 6.92 Å². The first-order valence-corrected chi connectivity index (χ1v) is 5.34. The zero-order chi connectivity index (χ0) is 11.5. The van der Waals surface area contributed by atoms with Crippen LogP contribution in [0.4, 0.5) is 0 Å². The SMILES string of the molecule is CCCN(CCO)CCC(=O)OCCO. The maximum atomic E-state index is 11.1. The summed E-state index contributed by atoms with van der Waals surface area (Å²) in [4.78, 5) is 13.1. The lowest BCUT2D eigenvalue weighted by atomic mass is 10.3. The molecule has 0 rings (SSSR count). The van der Waals surface area contributed by atoms with E-state index >= 15 is 0 Å². The second-order valence-corrected chi connectivity index (χ2v) is 3.26. The summed E-state index contributed by atoms with van der Waals surface area (Å²) in [6, 6.07) is 0. The van der Waals surface area contributed by atoms with Crippen LogP contribution < -0.4 is 0 Å². The molecule has 0 aromatic carbocycles. The highest BCUT2D eigenvalue weighted by Gasteiger charge is 2.07. The van der Waals surface area contributed by atoms with Crippen molar-refractivity contribution in [1.29, 1.82) is 0 Å². The van der Waals surface area contributed by atoms with Gasteiger partial charge < -0.3 is 19.8 Å². The van der Waals surface area contributed by atoms with Crippen molar-refractivity contribution in [3.63, 3.8) is 0 Å². The number of esters is 1. The van der Waals surface area contributed by atoms with E-state index in [0.29, 0.717) is 19.5 Å². The Labute approximate surface area is 90.6 Å². The number of aliphatic hydroxyl groups excluding tert-OH is 2. The smallest absolute Gasteiger partial charge is 0.307 e. The van der Waals surface area contributed by atoms with Gasteiger partial charge in [-0.3, -0.25) is 4.79 Å². The van der Waals surface area contributed by atoms with Gasteiger partial charge in [-0.2, -0.15) is 0 Å². The minimum atomic E-state index is -0.303. The molecule has 90 valence electrons. The number of nitrogens with zero attached hydrogens (tertiary/aromatic N) is 1. The van der Waals surface area contributed by atoms with Crippen LogP contribution in [0.1, 0.15) is 19.8 Å². The number of carbonyl (C=O) groups is 1. The Bertz CT molecular complexity index is 158. The van der Waals surface area contributed by atoms with Crippen LogP contribution in [0.3, 0.4) is 0 Å². The molecule has 0 fully saturated rings. The van der Waals surface area contributed by atoms with E-state index in [1.54, 1.807) is 0 Å². The number of aliphatic hydroxyl groups is 2. The lowest BCUT2D eigenvalue weighted by Crippen LogP contribution is -2.30. The molecule has 0 aliphatic carbocycles. The molecule has 0 heterocycles. The third-order valence-electron chi connectivity index (χ3n) is 1.94. The second kappa shape index (κ2) is 9.89. The van der Waals surface area contributed by atoms with Crippen LogP contribution in [0, 0.1) is 0 Å². The Balaban J connectivity index is 3.62. The Morgan fingerprint density at radius 1 is 1.20 bits per heavy atom. The summed E-state index contributed by atoms with van der Waals surface area (Å²) in [5.41, 5.74) is 0. The fourth-order valence-electron chi connectivity index (χ4n) is 1.27. The van der Waals surface area contributed by atoms with Gasteiger partial charge in [-0.1, -0.05) is 6.92 Å². The van der Waals surface area contributed by atoms with Crippen molar-refractivity contribution in [2.45, 2.75) is 19.8 Å². The van der Waals surface area contributed by atoms with Gasteiger partial charge in [-0.05, 0) is 13.0 Å². The summed E-state index contributed by atoms with van der Waals surface area (Å²) in [7, 11) is 0. The van der Waals surface area contributed by atoms with Crippen molar-refractivity contribution in [3.05, 3.63) is 0 Å². The normalized spacial score (nSPS) is 10.7. The summed E-state index contributed by atoms with van der Waals surface area (Å²) >= 11 is 0. The first kappa shape index (κ1) is 14.3. The number of hydrogen-bond donors (Lipinski definition) is 2. The van der Waals surface area contributed by atoms with Crippen LogP contribution in [0.25, 0.3) is 0 Å². The van der Waals surface area contributed by atoms with Crippen molar-refractivity contribution >= 4 is 5.97 Å². The van der Waals surface area contributed by atoms with Gasteiger partial charge in [0.25, 0.3) is 0 Å². The highest BCUT2D eigenvalue weighted by Crippen LogP contribution is 1.95. The van der Waals surface area contributed by atoms with Crippen LogP contribution in [0.15, 0.2) is 0 Å². The van der Waals surface area contributed by atoms with E-state index in [1.165, 1.54) is 0 Å². The molecule has 0 aromatic heterocycles. The number of hydrogen-bond acceptors (Lipinski definition) is 5. The molecule has 0 aromatic rings. The number of ether oxygens (including phenoxy) is 1. The highest BCUT2D eigenvalue weighted by molar-refractivity contribution is 5.69. The van der Waals surface area contributed by atoms with Crippen LogP contribution in [0.5, 0.6) is 0 Å². The number of carbonyl (C=O) groups excluding carboxylic acids is 1. The maximum absolute atomic E-state index is 11.1. The minimum absolute atomic E-state index is 0.0621. The van der Waals surface area contributed by atoms with Crippen molar-refractivity contribution in [2.75, 3.05) is 39.5 Å². The molecular weight excluding hydrogens is 198 g/mol. The Morgan fingerprint density at radius 3 is 2.47 bits per heavy atom. The maximum Gasteiger partial charge on any atom is 0.307 e. The molecule has 0 spiro atoms. The lowest BCUT2D eigenvalue weighted by Gasteiger charge is -2.19. The van der Waals surface area contributed by atoms with Crippen molar-refractivity contribution < 1.29 is 19.7 Å². The van der Waals surface area contributed by atoms with Crippen LogP contribution in [-0.2, 0) is 9.53 Å². The molecule has 0 aliphatic heterocycles. The molecule has 0 amide bonds. The fraction of sp³-hybridized carbons (Fsp3) is 0.900. The van der Waals surface area contributed by atoms with E-state index in [0.717, 1.165) is 13.0 Å². The Kier molecular flexibility index (Phi) is 9.46. The molecule has 0 bridgehead atoms. The molecule has 5 nitrogen and oxygen atoms in total. The van der Waals surface area contributed by atoms with Gasteiger partial charge in [-0.25, -0.2) is 0 Å². The Morgan fingerprint density at radius 2 is 1.93 bits per heavy atom. The van der Waals surface area contributed by atoms with Crippen LogP contribution in [-0.4, -0.2) is 60.5 Å².